The summed E-state index contributed by atoms with van der Waals surface area (Å²) in [5.41, 5.74) is 2.94. The zero-order valence-electron chi connectivity index (χ0n) is 16.2. The molecule has 0 aliphatic carbocycles. The maximum absolute atomic E-state index is 14.2. The van der Waals surface area contributed by atoms with Gasteiger partial charge >= 0.3 is 0 Å². The molecule has 0 aliphatic rings. The van der Waals surface area contributed by atoms with E-state index in [1.54, 1.807) is 6.07 Å². The fraction of sp³-hybridized carbons (Fsp3) is 0.476. The van der Waals surface area contributed by atoms with Crippen LogP contribution in [0.5, 0.6) is 5.75 Å². The minimum absolute atomic E-state index is 0.00321. The minimum atomic E-state index is -0.360. The van der Waals surface area contributed by atoms with Crippen LogP contribution in [0, 0.1) is 18.7 Å². The smallest absolute Gasteiger partial charge is 0.146 e. The number of hydrogen-bond acceptors (Lipinski definition) is 4. The summed E-state index contributed by atoms with van der Waals surface area (Å²) in [5, 5.41) is 12.6. The zero-order valence-corrected chi connectivity index (χ0v) is 16.2. The maximum Gasteiger partial charge on any atom is 0.146 e. The molecule has 4 nitrogen and oxygen atoms in total. The lowest BCUT2D eigenvalue weighted by Crippen LogP contribution is -2.36. The van der Waals surface area contributed by atoms with Crippen molar-refractivity contribution in [2.45, 2.75) is 53.3 Å². The van der Waals surface area contributed by atoms with Crippen molar-refractivity contribution in [1.29, 1.82) is 0 Å². The number of pyridine rings is 1. The summed E-state index contributed by atoms with van der Waals surface area (Å²) in [6.07, 6.45) is 0.0365. The van der Waals surface area contributed by atoms with Crippen molar-refractivity contribution in [3.8, 4) is 17.0 Å². The Balaban J connectivity index is 2.33. The van der Waals surface area contributed by atoms with Crippen molar-refractivity contribution in [2.24, 2.45) is 5.92 Å². The van der Waals surface area contributed by atoms with Crippen molar-refractivity contribution in [1.82, 2.24) is 10.3 Å². The molecule has 5 heteroatoms. The molecule has 1 aromatic heterocycles. The molecular formula is C21H29FN2O2. The molecule has 1 aromatic carbocycles. The van der Waals surface area contributed by atoms with Crippen LogP contribution in [0.15, 0.2) is 30.3 Å². The summed E-state index contributed by atoms with van der Waals surface area (Å²) in [5.74, 6) is 0.619. The summed E-state index contributed by atoms with van der Waals surface area (Å²) >= 11 is 0. The van der Waals surface area contributed by atoms with Crippen LogP contribution in [-0.2, 0) is 6.54 Å². The molecule has 2 rings (SSSR count). The number of halogens is 1. The topological polar surface area (TPSA) is 54.4 Å². The first-order valence-electron chi connectivity index (χ1n) is 9.09. The number of aromatic nitrogens is 1. The van der Waals surface area contributed by atoms with Gasteiger partial charge in [0.05, 0.1) is 24.1 Å². The van der Waals surface area contributed by atoms with E-state index >= 15 is 0 Å². The molecule has 0 radical (unpaired) electrons. The number of ether oxygens (including phenoxy) is 1. The van der Waals surface area contributed by atoms with Crippen LogP contribution in [0.25, 0.3) is 11.3 Å². The van der Waals surface area contributed by atoms with Gasteiger partial charge in [-0.3, -0.25) is 0 Å². The van der Waals surface area contributed by atoms with Gasteiger partial charge in [-0.05, 0) is 51.0 Å². The van der Waals surface area contributed by atoms with Crippen molar-refractivity contribution in [2.75, 3.05) is 6.61 Å². The number of rotatable bonds is 8. The lowest BCUT2D eigenvalue weighted by Gasteiger charge is -2.20. The minimum Gasteiger partial charge on any atom is -0.490 e. The number of nitrogens with one attached hydrogen (secondary N) is 1. The summed E-state index contributed by atoms with van der Waals surface area (Å²) in [6, 6.07) is 8.92. The second kappa shape index (κ2) is 9.10. The average Bonchev–Trinajstić information content (AvgIpc) is 2.58. The molecule has 0 saturated heterocycles. The molecule has 0 spiro atoms. The molecule has 0 aliphatic heterocycles. The Labute approximate surface area is 155 Å². The fourth-order valence-electron chi connectivity index (χ4n) is 2.70. The van der Waals surface area contributed by atoms with Gasteiger partial charge in [0, 0.05) is 18.2 Å². The van der Waals surface area contributed by atoms with Gasteiger partial charge in [0.2, 0.25) is 0 Å². The molecule has 0 amide bonds. The van der Waals surface area contributed by atoms with Crippen LogP contribution in [0.4, 0.5) is 4.39 Å². The second-order valence-electron chi connectivity index (χ2n) is 7.21. The Bertz CT molecular complexity index is 732. The monoisotopic (exact) mass is 360 g/mol. The molecule has 0 saturated carbocycles. The Morgan fingerprint density at radius 3 is 2.50 bits per heavy atom. The van der Waals surface area contributed by atoms with E-state index in [4.69, 9.17) is 4.74 Å². The number of benzene rings is 1. The van der Waals surface area contributed by atoms with Gasteiger partial charge in [-0.1, -0.05) is 25.5 Å². The van der Waals surface area contributed by atoms with E-state index in [-0.39, 0.29) is 37.0 Å². The lowest BCUT2D eigenvalue weighted by atomic mass is 10.0. The molecule has 0 fully saturated rings. The van der Waals surface area contributed by atoms with E-state index in [0.29, 0.717) is 11.4 Å². The molecular weight excluding hydrogens is 331 g/mol. The molecule has 26 heavy (non-hydrogen) atoms. The number of aryl methyl sites for hydroxylation is 1. The highest BCUT2D eigenvalue weighted by Crippen LogP contribution is 2.31. The SMILES string of the molecule is Cc1ccc(OC(C)C)c(-c2ccc(F)c(CN[C@@H](CO)C(C)C)n2)c1. The first-order chi connectivity index (χ1) is 12.3. The van der Waals surface area contributed by atoms with Crippen molar-refractivity contribution in [3.63, 3.8) is 0 Å². The van der Waals surface area contributed by atoms with Gasteiger partial charge in [-0.25, -0.2) is 9.37 Å². The molecule has 1 heterocycles. The van der Waals surface area contributed by atoms with Crippen molar-refractivity contribution < 1.29 is 14.2 Å². The third kappa shape index (κ3) is 5.26. The second-order valence-corrected chi connectivity index (χ2v) is 7.21. The molecule has 0 bridgehead atoms. The van der Waals surface area contributed by atoms with Gasteiger partial charge in [-0.2, -0.15) is 0 Å². The van der Waals surface area contributed by atoms with E-state index in [2.05, 4.69) is 10.3 Å². The Morgan fingerprint density at radius 1 is 1.15 bits per heavy atom. The Morgan fingerprint density at radius 2 is 1.88 bits per heavy atom. The molecule has 142 valence electrons. The van der Waals surface area contributed by atoms with Gasteiger partial charge in [0.25, 0.3) is 0 Å². The predicted molar refractivity (Wildman–Crippen MR) is 103 cm³/mol. The van der Waals surface area contributed by atoms with E-state index in [9.17, 15) is 9.50 Å². The largest absolute Gasteiger partial charge is 0.490 e. The zero-order chi connectivity index (χ0) is 19.3. The van der Waals surface area contributed by atoms with Crippen LogP contribution >= 0.6 is 0 Å². The van der Waals surface area contributed by atoms with Gasteiger partial charge < -0.3 is 15.2 Å². The normalized spacial score (nSPS) is 12.7. The van der Waals surface area contributed by atoms with Gasteiger partial charge in [0.15, 0.2) is 0 Å². The standard InChI is InChI=1S/C21H29FN2O2/c1-13(2)20(12-25)23-11-19-17(22)7-8-18(24-19)16-10-15(5)6-9-21(16)26-14(3)4/h6-10,13-14,20,23,25H,11-12H2,1-5H3/t20-/m0/s1. The van der Waals surface area contributed by atoms with Gasteiger partial charge in [0.1, 0.15) is 11.6 Å². The van der Waals surface area contributed by atoms with Crippen molar-refractivity contribution >= 4 is 0 Å². The van der Waals surface area contributed by atoms with Crippen LogP contribution in [0.3, 0.4) is 0 Å². The lowest BCUT2D eigenvalue weighted by molar-refractivity contribution is 0.209. The van der Waals surface area contributed by atoms with E-state index in [1.807, 2.05) is 52.8 Å². The predicted octanol–water partition coefficient (Wildman–Crippen LogP) is 4.09. The van der Waals surface area contributed by atoms with Crippen LogP contribution in [0.2, 0.25) is 0 Å². The number of hydrogen-bond donors (Lipinski definition) is 2. The van der Waals surface area contributed by atoms with Crippen LogP contribution in [0.1, 0.15) is 39.0 Å². The summed E-state index contributed by atoms with van der Waals surface area (Å²) in [6.45, 7) is 10.2. The first kappa shape index (κ1) is 20.3. The number of aliphatic hydroxyl groups excluding tert-OH is 1. The quantitative estimate of drug-likeness (QED) is 0.744. The first-order valence-corrected chi connectivity index (χ1v) is 9.09. The maximum atomic E-state index is 14.2. The number of aliphatic hydroxyl groups is 1. The summed E-state index contributed by atoms with van der Waals surface area (Å²) in [4.78, 5) is 4.52. The molecule has 2 N–H and O–H groups in total. The molecule has 2 aromatic rings. The van der Waals surface area contributed by atoms with E-state index in [0.717, 1.165) is 16.9 Å². The highest BCUT2D eigenvalue weighted by atomic mass is 19.1. The fourth-order valence-corrected chi connectivity index (χ4v) is 2.70. The van der Waals surface area contributed by atoms with Gasteiger partial charge in [-0.15, -0.1) is 0 Å². The van der Waals surface area contributed by atoms with E-state index < -0.39 is 0 Å². The molecule has 0 unspecified atom stereocenters. The number of nitrogens with zero attached hydrogens (tertiary/aromatic N) is 1. The Hall–Kier alpha value is -1.98. The summed E-state index contributed by atoms with van der Waals surface area (Å²) < 4.78 is 20.1. The average molecular weight is 360 g/mol. The highest BCUT2D eigenvalue weighted by molar-refractivity contribution is 5.68. The third-order valence-corrected chi connectivity index (χ3v) is 4.23. The van der Waals surface area contributed by atoms with Crippen LogP contribution < -0.4 is 10.1 Å². The van der Waals surface area contributed by atoms with E-state index in [1.165, 1.54) is 6.07 Å². The molecule has 1 atom stereocenters. The third-order valence-electron chi connectivity index (χ3n) is 4.23. The van der Waals surface area contributed by atoms with Crippen LogP contribution in [-0.4, -0.2) is 28.8 Å². The van der Waals surface area contributed by atoms with Crippen molar-refractivity contribution in [3.05, 3.63) is 47.4 Å². The highest BCUT2D eigenvalue weighted by Gasteiger charge is 2.15. The Kier molecular flexibility index (Phi) is 7.12. The summed E-state index contributed by atoms with van der Waals surface area (Å²) in [7, 11) is 0.